The van der Waals surface area contributed by atoms with Crippen LogP contribution in [0, 0.1) is 17.0 Å². The molecular weight excluding hydrogens is 358 g/mol. The van der Waals surface area contributed by atoms with E-state index < -0.39 is 4.92 Å². The Morgan fingerprint density at radius 1 is 1.35 bits per heavy atom. The van der Waals surface area contributed by atoms with E-state index in [1.807, 2.05) is 0 Å². The topological polar surface area (TPSA) is 102 Å². The number of hydrogen-bond acceptors (Lipinski definition) is 5. The summed E-state index contributed by atoms with van der Waals surface area (Å²) < 4.78 is 1.64. The average molecular weight is 380 g/mol. The second-order valence-corrected chi connectivity index (χ2v) is 6.14. The summed E-state index contributed by atoms with van der Waals surface area (Å²) in [7, 11) is 0. The highest BCUT2D eigenvalue weighted by Crippen LogP contribution is 2.23. The lowest BCUT2D eigenvalue weighted by Gasteiger charge is -2.08. The molecule has 0 aliphatic rings. The number of hydrogen-bond donors (Lipinski definition) is 2. The largest absolute Gasteiger partial charge is 0.378 e. The van der Waals surface area contributed by atoms with Crippen LogP contribution < -0.4 is 10.6 Å². The number of nitro benzene ring substituents is 1. The van der Waals surface area contributed by atoms with Crippen LogP contribution in [0.15, 0.2) is 24.3 Å². The fourth-order valence-corrected chi connectivity index (χ4v) is 2.86. The molecular formula is C17H22ClN5O3. The van der Waals surface area contributed by atoms with Crippen molar-refractivity contribution in [2.24, 2.45) is 0 Å². The number of carbonyl (C=O) groups is 1. The van der Waals surface area contributed by atoms with Crippen molar-refractivity contribution in [1.29, 1.82) is 0 Å². The van der Waals surface area contributed by atoms with Crippen molar-refractivity contribution in [2.75, 3.05) is 18.4 Å². The molecule has 8 nitrogen and oxygen atoms in total. The maximum absolute atomic E-state index is 12.4. The third-order valence-electron chi connectivity index (χ3n) is 3.84. The highest BCUT2D eigenvalue weighted by molar-refractivity contribution is 6.33. The summed E-state index contributed by atoms with van der Waals surface area (Å²) in [4.78, 5) is 22.9. The van der Waals surface area contributed by atoms with Gasteiger partial charge < -0.3 is 10.6 Å². The van der Waals surface area contributed by atoms with Gasteiger partial charge in [0.15, 0.2) is 0 Å². The molecule has 0 aliphatic carbocycles. The molecule has 2 aromatic rings. The molecule has 0 radical (unpaired) electrons. The van der Waals surface area contributed by atoms with Gasteiger partial charge in [0.1, 0.15) is 10.8 Å². The number of halogens is 1. The maximum Gasteiger partial charge on any atom is 0.292 e. The molecule has 1 heterocycles. The van der Waals surface area contributed by atoms with Crippen molar-refractivity contribution in [3.8, 4) is 0 Å². The molecule has 140 valence electrons. The Bertz CT molecular complexity index is 791. The zero-order valence-electron chi connectivity index (χ0n) is 14.8. The molecule has 0 bridgehead atoms. The van der Waals surface area contributed by atoms with E-state index in [1.54, 1.807) is 29.8 Å². The molecule has 0 atom stereocenters. The summed E-state index contributed by atoms with van der Waals surface area (Å²) in [6.45, 7) is 5.12. The van der Waals surface area contributed by atoms with E-state index >= 15 is 0 Å². The zero-order valence-corrected chi connectivity index (χ0v) is 15.5. The number of carbonyl (C=O) groups excluding carboxylic acids is 1. The lowest BCUT2D eigenvalue weighted by atomic mass is 10.2. The molecule has 0 aliphatic heterocycles. The van der Waals surface area contributed by atoms with Crippen LogP contribution >= 0.6 is 11.6 Å². The summed E-state index contributed by atoms with van der Waals surface area (Å²) in [6, 6.07) is 6.36. The van der Waals surface area contributed by atoms with Gasteiger partial charge in [-0.15, -0.1) is 0 Å². The Kier molecular flexibility index (Phi) is 6.97. The number of para-hydroxylation sites is 2. The van der Waals surface area contributed by atoms with Crippen LogP contribution in [0.3, 0.4) is 0 Å². The first kappa shape index (κ1) is 19.7. The summed E-state index contributed by atoms with van der Waals surface area (Å²) in [5, 5.41) is 21.3. The van der Waals surface area contributed by atoms with Crippen molar-refractivity contribution >= 4 is 28.9 Å². The molecule has 0 fully saturated rings. The van der Waals surface area contributed by atoms with Gasteiger partial charge in [0.25, 0.3) is 11.6 Å². The Morgan fingerprint density at radius 3 is 2.77 bits per heavy atom. The van der Waals surface area contributed by atoms with Gasteiger partial charge in [0, 0.05) is 25.7 Å². The lowest BCUT2D eigenvalue weighted by Crippen LogP contribution is -2.29. The maximum atomic E-state index is 12.4. The minimum atomic E-state index is -0.450. The molecule has 1 aromatic heterocycles. The van der Waals surface area contributed by atoms with Crippen LogP contribution in [0.4, 0.5) is 11.4 Å². The molecule has 1 amide bonds. The smallest absolute Gasteiger partial charge is 0.292 e. The predicted octanol–water partition coefficient (Wildman–Crippen LogP) is 3.40. The van der Waals surface area contributed by atoms with E-state index in [1.165, 1.54) is 6.07 Å². The van der Waals surface area contributed by atoms with E-state index in [2.05, 4.69) is 22.7 Å². The van der Waals surface area contributed by atoms with Gasteiger partial charge in [-0.05, 0) is 19.4 Å². The van der Waals surface area contributed by atoms with Crippen molar-refractivity contribution in [1.82, 2.24) is 15.1 Å². The molecule has 0 saturated heterocycles. The van der Waals surface area contributed by atoms with Crippen LogP contribution in [0.2, 0.25) is 5.15 Å². The summed E-state index contributed by atoms with van der Waals surface area (Å²) in [6.07, 6.45) is 1.94. The number of amides is 1. The van der Waals surface area contributed by atoms with Gasteiger partial charge in [0.2, 0.25) is 0 Å². The third kappa shape index (κ3) is 4.72. The first-order valence-corrected chi connectivity index (χ1v) is 8.81. The zero-order chi connectivity index (χ0) is 19.1. The first-order valence-electron chi connectivity index (χ1n) is 8.44. The van der Waals surface area contributed by atoms with Gasteiger partial charge in [0.05, 0.1) is 16.2 Å². The molecule has 0 spiro atoms. The fourth-order valence-electron chi connectivity index (χ4n) is 2.51. The number of nitrogens with one attached hydrogen (secondary N) is 2. The Labute approximate surface area is 156 Å². The van der Waals surface area contributed by atoms with Crippen LogP contribution in [0.5, 0.6) is 0 Å². The van der Waals surface area contributed by atoms with E-state index in [9.17, 15) is 14.9 Å². The number of nitrogens with zero attached hydrogens (tertiary/aromatic N) is 3. The van der Waals surface area contributed by atoms with Crippen molar-refractivity contribution < 1.29 is 9.72 Å². The minimum absolute atomic E-state index is 0.00471. The van der Waals surface area contributed by atoms with E-state index in [-0.39, 0.29) is 11.6 Å². The molecule has 2 rings (SSSR count). The molecule has 0 saturated carbocycles. The molecule has 1 aromatic carbocycles. The third-order valence-corrected chi connectivity index (χ3v) is 4.23. The number of aryl methyl sites for hydroxylation is 2. The Hall–Kier alpha value is -2.61. The Balaban J connectivity index is 1.92. The summed E-state index contributed by atoms with van der Waals surface area (Å²) in [5.74, 6) is -0.306. The van der Waals surface area contributed by atoms with Gasteiger partial charge in [-0.1, -0.05) is 37.1 Å². The highest BCUT2D eigenvalue weighted by Gasteiger charge is 2.19. The van der Waals surface area contributed by atoms with Crippen LogP contribution in [-0.2, 0) is 6.54 Å². The summed E-state index contributed by atoms with van der Waals surface area (Å²) in [5.41, 5.74) is 1.35. The van der Waals surface area contributed by atoms with Crippen LogP contribution in [0.25, 0.3) is 0 Å². The first-order chi connectivity index (χ1) is 12.5. The van der Waals surface area contributed by atoms with E-state index in [0.29, 0.717) is 41.7 Å². The van der Waals surface area contributed by atoms with Crippen molar-refractivity contribution in [2.45, 2.75) is 33.2 Å². The van der Waals surface area contributed by atoms with Crippen molar-refractivity contribution in [3.05, 3.63) is 50.8 Å². The SMILES string of the molecule is CCCCn1nc(C)c(C(=O)NCCNc2ccccc2[N+](=O)[O-])c1Cl. The predicted molar refractivity (Wildman–Crippen MR) is 101 cm³/mol. The number of unbranched alkanes of at least 4 members (excludes halogenated alkanes) is 1. The molecule has 26 heavy (non-hydrogen) atoms. The standard InChI is InChI=1S/C17H22ClN5O3/c1-3-4-11-22-16(18)15(12(2)21-22)17(24)20-10-9-19-13-7-5-6-8-14(13)23(25)26/h5-8,19H,3-4,9-11H2,1-2H3,(H,20,24). The number of benzene rings is 1. The second kappa shape index (κ2) is 9.19. The summed E-state index contributed by atoms with van der Waals surface area (Å²) >= 11 is 6.27. The second-order valence-electron chi connectivity index (χ2n) is 5.78. The number of aromatic nitrogens is 2. The van der Waals surface area contributed by atoms with Gasteiger partial charge >= 0.3 is 0 Å². The Morgan fingerprint density at radius 2 is 2.08 bits per heavy atom. The van der Waals surface area contributed by atoms with Crippen molar-refractivity contribution in [3.63, 3.8) is 0 Å². The monoisotopic (exact) mass is 379 g/mol. The van der Waals surface area contributed by atoms with Crippen LogP contribution in [0.1, 0.15) is 35.8 Å². The van der Waals surface area contributed by atoms with E-state index in [4.69, 9.17) is 11.6 Å². The number of rotatable bonds is 9. The molecule has 2 N–H and O–H groups in total. The number of anilines is 1. The highest BCUT2D eigenvalue weighted by atomic mass is 35.5. The number of nitro groups is 1. The lowest BCUT2D eigenvalue weighted by molar-refractivity contribution is -0.384. The normalized spacial score (nSPS) is 10.6. The molecule has 0 unspecified atom stereocenters. The molecule has 9 heteroatoms. The van der Waals surface area contributed by atoms with Crippen LogP contribution in [-0.4, -0.2) is 33.7 Å². The quantitative estimate of drug-likeness (QED) is 0.395. The van der Waals surface area contributed by atoms with Gasteiger partial charge in [-0.2, -0.15) is 5.10 Å². The minimum Gasteiger partial charge on any atom is -0.378 e. The van der Waals surface area contributed by atoms with E-state index in [0.717, 1.165) is 12.8 Å². The van der Waals surface area contributed by atoms with Gasteiger partial charge in [-0.3, -0.25) is 19.6 Å². The van der Waals surface area contributed by atoms with Gasteiger partial charge in [-0.25, -0.2) is 0 Å². The fraction of sp³-hybridized carbons (Fsp3) is 0.412. The average Bonchev–Trinajstić information content (AvgIpc) is 2.90.